The highest BCUT2D eigenvalue weighted by atomic mass is 19.1. The molecule has 0 aliphatic heterocycles. The predicted octanol–water partition coefficient (Wildman–Crippen LogP) is 1.88. The second-order valence-corrected chi connectivity index (χ2v) is 3.79. The zero-order valence-corrected chi connectivity index (χ0v) is 10.0. The number of pyridine rings is 1. The first-order chi connectivity index (χ1) is 9.50. The molecular formula is C13H9FN2O4. The Kier molecular flexibility index (Phi) is 3.60. The number of nitrogens with zero attached hydrogens (tertiary/aromatic N) is 1. The third-order valence-corrected chi connectivity index (χ3v) is 2.49. The van der Waals surface area contributed by atoms with E-state index in [1.165, 1.54) is 24.4 Å². The van der Waals surface area contributed by atoms with E-state index in [1.54, 1.807) is 0 Å². The lowest BCUT2D eigenvalue weighted by Crippen LogP contribution is -2.17. The summed E-state index contributed by atoms with van der Waals surface area (Å²) in [5.74, 6) is -3.97. The van der Waals surface area contributed by atoms with E-state index >= 15 is 0 Å². The van der Waals surface area contributed by atoms with E-state index in [4.69, 9.17) is 5.11 Å². The molecule has 6 nitrogen and oxygen atoms in total. The number of carbonyl (C=O) groups excluding carboxylic acids is 1. The van der Waals surface area contributed by atoms with Gasteiger partial charge in [-0.15, -0.1) is 0 Å². The van der Waals surface area contributed by atoms with Gasteiger partial charge in [-0.3, -0.25) is 4.79 Å². The molecule has 0 radical (unpaired) electrons. The van der Waals surface area contributed by atoms with Crippen molar-refractivity contribution in [1.82, 2.24) is 4.98 Å². The van der Waals surface area contributed by atoms with Crippen LogP contribution in [0.25, 0.3) is 0 Å². The minimum absolute atomic E-state index is 0.229. The summed E-state index contributed by atoms with van der Waals surface area (Å²) in [5, 5.41) is 20.6. The van der Waals surface area contributed by atoms with Crippen LogP contribution >= 0.6 is 0 Å². The first kappa shape index (κ1) is 13.5. The van der Waals surface area contributed by atoms with E-state index in [2.05, 4.69) is 10.3 Å². The zero-order chi connectivity index (χ0) is 14.7. The molecule has 0 saturated heterocycles. The van der Waals surface area contributed by atoms with Gasteiger partial charge in [0.2, 0.25) is 0 Å². The Morgan fingerprint density at radius 1 is 1.20 bits per heavy atom. The van der Waals surface area contributed by atoms with Crippen LogP contribution in [0.5, 0.6) is 5.75 Å². The second kappa shape index (κ2) is 5.35. The maximum Gasteiger partial charge on any atom is 0.339 e. The van der Waals surface area contributed by atoms with Gasteiger partial charge in [-0.1, -0.05) is 6.07 Å². The summed E-state index contributed by atoms with van der Waals surface area (Å²) in [4.78, 5) is 26.6. The number of anilines is 1. The van der Waals surface area contributed by atoms with Crippen LogP contribution in [0.15, 0.2) is 36.5 Å². The maximum absolute atomic E-state index is 13.5. The fourth-order valence-electron chi connectivity index (χ4n) is 1.59. The minimum Gasteiger partial charge on any atom is -0.507 e. The molecule has 1 heterocycles. The molecule has 0 fully saturated rings. The van der Waals surface area contributed by atoms with E-state index in [1.807, 2.05) is 0 Å². The Morgan fingerprint density at radius 3 is 2.60 bits per heavy atom. The first-order valence-corrected chi connectivity index (χ1v) is 5.48. The molecule has 0 spiro atoms. The minimum atomic E-state index is -1.29. The quantitative estimate of drug-likeness (QED) is 0.794. The topological polar surface area (TPSA) is 99.5 Å². The lowest BCUT2D eigenvalue weighted by Gasteiger charge is -2.08. The van der Waals surface area contributed by atoms with Crippen molar-refractivity contribution in [3.8, 4) is 5.75 Å². The van der Waals surface area contributed by atoms with Gasteiger partial charge in [-0.05, 0) is 24.3 Å². The molecule has 0 aliphatic rings. The van der Waals surface area contributed by atoms with Gasteiger partial charge in [0, 0.05) is 6.20 Å². The highest BCUT2D eigenvalue weighted by Gasteiger charge is 2.19. The molecule has 1 amide bonds. The molecule has 2 rings (SSSR count). The van der Waals surface area contributed by atoms with Crippen molar-refractivity contribution < 1.29 is 24.2 Å². The molecular weight excluding hydrogens is 267 g/mol. The smallest absolute Gasteiger partial charge is 0.339 e. The largest absolute Gasteiger partial charge is 0.507 e. The van der Waals surface area contributed by atoms with Crippen LogP contribution < -0.4 is 5.32 Å². The van der Waals surface area contributed by atoms with E-state index in [0.717, 1.165) is 12.1 Å². The molecule has 1 aromatic heterocycles. The number of halogens is 1. The van der Waals surface area contributed by atoms with Crippen molar-refractivity contribution in [3.05, 3.63) is 53.5 Å². The van der Waals surface area contributed by atoms with Gasteiger partial charge >= 0.3 is 5.97 Å². The number of aromatic nitrogens is 1. The summed E-state index contributed by atoms with van der Waals surface area (Å²) >= 11 is 0. The molecule has 0 unspecified atom stereocenters. The number of rotatable bonds is 3. The number of phenolic OH excluding ortho intramolecular Hbond substituents is 1. The maximum atomic E-state index is 13.5. The van der Waals surface area contributed by atoms with Gasteiger partial charge in [0.05, 0.1) is 0 Å². The molecule has 1 aromatic carbocycles. The van der Waals surface area contributed by atoms with Gasteiger partial charge in [0.1, 0.15) is 28.5 Å². The normalized spacial score (nSPS) is 10.1. The SMILES string of the molecule is O=C(O)c1cccnc1NC(=O)c1c(O)cccc1F. The van der Waals surface area contributed by atoms with Crippen LogP contribution in [-0.4, -0.2) is 27.1 Å². The molecule has 0 aliphatic carbocycles. The van der Waals surface area contributed by atoms with E-state index in [9.17, 15) is 19.1 Å². The number of nitrogens with one attached hydrogen (secondary N) is 1. The van der Waals surface area contributed by atoms with Gasteiger partial charge in [0.25, 0.3) is 5.91 Å². The number of hydrogen-bond acceptors (Lipinski definition) is 4. The Bertz CT molecular complexity index is 668. The van der Waals surface area contributed by atoms with Crippen molar-refractivity contribution in [2.75, 3.05) is 5.32 Å². The second-order valence-electron chi connectivity index (χ2n) is 3.79. The summed E-state index contributed by atoms with van der Waals surface area (Å²) < 4.78 is 13.5. The van der Waals surface area contributed by atoms with Crippen molar-refractivity contribution in [3.63, 3.8) is 0 Å². The Labute approximate surface area is 112 Å². The highest BCUT2D eigenvalue weighted by molar-refractivity contribution is 6.08. The molecule has 20 heavy (non-hydrogen) atoms. The van der Waals surface area contributed by atoms with Crippen molar-refractivity contribution in [2.45, 2.75) is 0 Å². The van der Waals surface area contributed by atoms with Crippen LogP contribution in [0.3, 0.4) is 0 Å². The van der Waals surface area contributed by atoms with Crippen molar-refractivity contribution in [1.29, 1.82) is 0 Å². The van der Waals surface area contributed by atoms with E-state index in [-0.39, 0.29) is 11.4 Å². The third-order valence-electron chi connectivity index (χ3n) is 2.49. The molecule has 7 heteroatoms. The number of aromatic hydroxyl groups is 1. The van der Waals surface area contributed by atoms with E-state index < -0.39 is 29.0 Å². The molecule has 2 aromatic rings. The Balaban J connectivity index is 2.36. The predicted molar refractivity (Wildman–Crippen MR) is 67.2 cm³/mol. The average Bonchev–Trinajstić information content (AvgIpc) is 2.38. The number of carboxylic acids is 1. The number of phenols is 1. The lowest BCUT2D eigenvalue weighted by molar-refractivity contribution is 0.0697. The van der Waals surface area contributed by atoms with Gasteiger partial charge in [-0.2, -0.15) is 0 Å². The van der Waals surface area contributed by atoms with E-state index in [0.29, 0.717) is 0 Å². The van der Waals surface area contributed by atoms with Crippen LogP contribution in [0.4, 0.5) is 10.2 Å². The molecule has 0 atom stereocenters. The Morgan fingerprint density at radius 2 is 1.95 bits per heavy atom. The lowest BCUT2D eigenvalue weighted by atomic mass is 10.1. The van der Waals surface area contributed by atoms with Crippen LogP contribution in [-0.2, 0) is 0 Å². The average molecular weight is 276 g/mol. The fourth-order valence-corrected chi connectivity index (χ4v) is 1.59. The monoisotopic (exact) mass is 276 g/mol. The van der Waals surface area contributed by atoms with Crippen molar-refractivity contribution in [2.24, 2.45) is 0 Å². The molecule has 0 saturated carbocycles. The van der Waals surface area contributed by atoms with Crippen molar-refractivity contribution >= 4 is 17.7 Å². The number of carboxylic acid groups (broad SMARTS) is 1. The van der Waals surface area contributed by atoms with Crippen LogP contribution in [0.1, 0.15) is 20.7 Å². The molecule has 102 valence electrons. The summed E-state index contributed by atoms with van der Waals surface area (Å²) in [6.45, 7) is 0. The summed E-state index contributed by atoms with van der Waals surface area (Å²) in [6.07, 6.45) is 1.28. The third kappa shape index (κ3) is 2.56. The molecule has 3 N–H and O–H groups in total. The van der Waals surface area contributed by atoms with Gasteiger partial charge in [-0.25, -0.2) is 14.2 Å². The Hall–Kier alpha value is -2.96. The summed E-state index contributed by atoms with van der Waals surface area (Å²) in [5.41, 5.74) is -0.814. The standard InChI is InChI=1S/C13H9FN2O4/c14-8-4-1-5-9(17)10(8)12(18)16-11-7(13(19)20)3-2-6-15-11/h1-6,17H,(H,19,20)(H,15,16,18). The number of amides is 1. The van der Waals surface area contributed by atoms with Gasteiger partial charge < -0.3 is 15.5 Å². The summed E-state index contributed by atoms with van der Waals surface area (Å²) in [6, 6.07) is 6.02. The molecule has 0 bridgehead atoms. The summed E-state index contributed by atoms with van der Waals surface area (Å²) in [7, 11) is 0. The van der Waals surface area contributed by atoms with Crippen LogP contribution in [0, 0.1) is 5.82 Å². The fraction of sp³-hybridized carbons (Fsp3) is 0. The number of hydrogen-bond donors (Lipinski definition) is 3. The zero-order valence-electron chi connectivity index (χ0n) is 10.0. The van der Waals surface area contributed by atoms with Gasteiger partial charge in [0.15, 0.2) is 0 Å². The number of carbonyl (C=O) groups is 2. The highest BCUT2D eigenvalue weighted by Crippen LogP contribution is 2.21. The first-order valence-electron chi connectivity index (χ1n) is 5.48. The number of aromatic carboxylic acids is 1. The van der Waals surface area contributed by atoms with Crippen LogP contribution in [0.2, 0.25) is 0 Å². The number of benzene rings is 1.